The highest BCUT2D eigenvalue weighted by Crippen LogP contribution is 2.44. The highest BCUT2D eigenvalue weighted by atomic mass is 32.1. The van der Waals surface area contributed by atoms with Crippen LogP contribution in [0.15, 0.2) is 5.38 Å². The van der Waals surface area contributed by atoms with Crippen molar-refractivity contribution in [3.63, 3.8) is 0 Å². The summed E-state index contributed by atoms with van der Waals surface area (Å²) in [6, 6.07) is 0. The summed E-state index contributed by atoms with van der Waals surface area (Å²) >= 11 is 1.08. The summed E-state index contributed by atoms with van der Waals surface area (Å²) in [5.74, 6) is 0.387. The van der Waals surface area contributed by atoms with E-state index in [4.69, 9.17) is 10.5 Å². The van der Waals surface area contributed by atoms with Gasteiger partial charge in [-0.15, -0.1) is 11.3 Å². The number of aromatic nitrogens is 1. The Morgan fingerprint density at radius 3 is 2.73 bits per heavy atom. The first-order valence-electron chi connectivity index (χ1n) is 7.45. The third kappa shape index (κ3) is 3.15. The summed E-state index contributed by atoms with van der Waals surface area (Å²) in [6.07, 6.45) is -2.39. The molecular weight excluding hydrogens is 315 g/mol. The maximum Gasteiger partial charge on any atom is 0.434 e. The Bertz CT molecular complexity index is 514. The monoisotopic (exact) mass is 335 g/mol. The summed E-state index contributed by atoms with van der Waals surface area (Å²) in [5, 5.41) is 1.61. The van der Waals surface area contributed by atoms with E-state index in [0.29, 0.717) is 24.0 Å². The van der Waals surface area contributed by atoms with Crippen molar-refractivity contribution in [1.82, 2.24) is 9.88 Å². The lowest BCUT2D eigenvalue weighted by atomic mass is 9.72. The van der Waals surface area contributed by atoms with Gasteiger partial charge in [-0.05, 0) is 30.7 Å². The molecule has 2 fully saturated rings. The number of thiazole rings is 1. The van der Waals surface area contributed by atoms with Crippen LogP contribution in [0.5, 0.6) is 0 Å². The molecule has 0 aliphatic carbocycles. The number of hydrogen-bond acceptors (Lipinski definition) is 5. The highest BCUT2D eigenvalue weighted by molar-refractivity contribution is 7.09. The SMILES string of the molecule is NCC1CN(Cc2nc(C(F)(F)F)cs2)CC12CCOCC2. The first-order chi connectivity index (χ1) is 10.4. The molecular formula is C14H20F3N3OS. The quantitative estimate of drug-likeness (QED) is 0.921. The molecule has 1 unspecified atom stereocenters. The number of likely N-dealkylation sites (tertiary alicyclic amines) is 1. The van der Waals surface area contributed by atoms with E-state index in [1.165, 1.54) is 0 Å². The van der Waals surface area contributed by atoms with Crippen LogP contribution in [0.4, 0.5) is 13.2 Å². The lowest BCUT2D eigenvalue weighted by Crippen LogP contribution is -2.39. The first-order valence-corrected chi connectivity index (χ1v) is 8.33. The van der Waals surface area contributed by atoms with Gasteiger partial charge in [-0.25, -0.2) is 4.98 Å². The van der Waals surface area contributed by atoms with E-state index in [-0.39, 0.29) is 5.41 Å². The van der Waals surface area contributed by atoms with Gasteiger partial charge in [-0.1, -0.05) is 0 Å². The number of nitrogens with zero attached hydrogens (tertiary/aromatic N) is 2. The van der Waals surface area contributed by atoms with Crippen LogP contribution in [0, 0.1) is 11.3 Å². The summed E-state index contributed by atoms with van der Waals surface area (Å²) in [6.45, 7) is 4.29. The minimum absolute atomic E-state index is 0.164. The van der Waals surface area contributed by atoms with Crippen LogP contribution in [-0.4, -0.2) is 42.7 Å². The maximum absolute atomic E-state index is 12.6. The highest BCUT2D eigenvalue weighted by Gasteiger charge is 2.46. The average Bonchev–Trinajstić information content (AvgIpc) is 3.05. The van der Waals surface area contributed by atoms with Gasteiger partial charge in [0, 0.05) is 31.7 Å². The molecule has 0 saturated carbocycles. The van der Waals surface area contributed by atoms with Crippen molar-refractivity contribution in [3.05, 3.63) is 16.1 Å². The molecule has 2 saturated heterocycles. The van der Waals surface area contributed by atoms with Gasteiger partial charge in [-0.3, -0.25) is 4.90 Å². The van der Waals surface area contributed by atoms with Crippen molar-refractivity contribution in [2.75, 3.05) is 32.8 Å². The molecule has 2 aliphatic rings. The number of ether oxygens (including phenoxy) is 1. The van der Waals surface area contributed by atoms with Crippen LogP contribution in [0.25, 0.3) is 0 Å². The van der Waals surface area contributed by atoms with Crippen molar-refractivity contribution in [3.8, 4) is 0 Å². The zero-order valence-electron chi connectivity index (χ0n) is 12.2. The van der Waals surface area contributed by atoms with Crippen LogP contribution in [0.3, 0.4) is 0 Å². The number of hydrogen-bond donors (Lipinski definition) is 1. The molecule has 124 valence electrons. The minimum atomic E-state index is -4.36. The van der Waals surface area contributed by atoms with E-state index in [9.17, 15) is 13.2 Å². The molecule has 1 atom stereocenters. The molecule has 0 radical (unpaired) electrons. The zero-order valence-corrected chi connectivity index (χ0v) is 13.1. The number of rotatable bonds is 3. The smallest absolute Gasteiger partial charge is 0.381 e. The summed E-state index contributed by atoms with van der Waals surface area (Å²) in [7, 11) is 0. The molecule has 3 rings (SSSR count). The lowest BCUT2D eigenvalue weighted by molar-refractivity contribution is -0.140. The van der Waals surface area contributed by atoms with Gasteiger partial charge in [-0.2, -0.15) is 13.2 Å². The molecule has 1 aromatic heterocycles. The molecule has 2 aliphatic heterocycles. The van der Waals surface area contributed by atoms with Crippen molar-refractivity contribution < 1.29 is 17.9 Å². The zero-order chi connectivity index (χ0) is 15.8. The third-order valence-electron chi connectivity index (χ3n) is 4.86. The van der Waals surface area contributed by atoms with Crippen LogP contribution >= 0.6 is 11.3 Å². The second-order valence-corrected chi connectivity index (χ2v) is 7.14. The summed E-state index contributed by atoms with van der Waals surface area (Å²) in [5.41, 5.74) is 5.30. The van der Waals surface area contributed by atoms with Crippen molar-refractivity contribution >= 4 is 11.3 Å². The second kappa shape index (κ2) is 6.07. The van der Waals surface area contributed by atoms with Gasteiger partial charge in [0.15, 0.2) is 5.69 Å². The van der Waals surface area contributed by atoms with Crippen LogP contribution in [0.2, 0.25) is 0 Å². The molecule has 3 heterocycles. The van der Waals surface area contributed by atoms with Crippen LogP contribution < -0.4 is 5.73 Å². The van der Waals surface area contributed by atoms with E-state index in [0.717, 1.165) is 55.9 Å². The van der Waals surface area contributed by atoms with Gasteiger partial charge < -0.3 is 10.5 Å². The largest absolute Gasteiger partial charge is 0.434 e. The van der Waals surface area contributed by atoms with Gasteiger partial charge in [0.05, 0.1) is 6.54 Å². The molecule has 1 aromatic rings. The van der Waals surface area contributed by atoms with Crippen molar-refractivity contribution in [2.45, 2.75) is 25.6 Å². The molecule has 2 N–H and O–H groups in total. The normalized spacial score (nSPS) is 25.9. The molecule has 22 heavy (non-hydrogen) atoms. The van der Waals surface area contributed by atoms with E-state index >= 15 is 0 Å². The lowest BCUT2D eigenvalue weighted by Gasteiger charge is -2.37. The van der Waals surface area contributed by atoms with Gasteiger partial charge in [0.25, 0.3) is 0 Å². The molecule has 0 bridgehead atoms. The average molecular weight is 335 g/mol. The Morgan fingerprint density at radius 2 is 2.14 bits per heavy atom. The van der Waals surface area contributed by atoms with E-state index < -0.39 is 11.9 Å². The Morgan fingerprint density at radius 1 is 1.41 bits per heavy atom. The number of alkyl halides is 3. The molecule has 8 heteroatoms. The number of nitrogens with two attached hydrogens (primary N) is 1. The van der Waals surface area contributed by atoms with Crippen molar-refractivity contribution in [2.24, 2.45) is 17.1 Å². The number of halogens is 3. The fourth-order valence-electron chi connectivity index (χ4n) is 3.64. The Labute approximate surface area is 131 Å². The minimum Gasteiger partial charge on any atom is -0.381 e. The fourth-order valence-corrected chi connectivity index (χ4v) is 4.48. The standard InChI is InChI=1S/C14H20F3N3OS/c15-14(16,17)11-8-22-12(19-11)7-20-6-10(5-18)13(9-20)1-3-21-4-2-13/h8,10H,1-7,9,18H2. The van der Waals surface area contributed by atoms with E-state index in [1.807, 2.05) is 0 Å². The Hall–Kier alpha value is -0.700. The molecule has 0 amide bonds. The van der Waals surface area contributed by atoms with Gasteiger partial charge >= 0.3 is 6.18 Å². The fraction of sp³-hybridized carbons (Fsp3) is 0.786. The van der Waals surface area contributed by atoms with Gasteiger partial charge in [0.1, 0.15) is 5.01 Å². The predicted octanol–water partition coefficient (Wildman–Crippen LogP) is 2.35. The molecule has 1 spiro atoms. The second-order valence-electron chi connectivity index (χ2n) is 6.20. The maximum atomic E-state index is 12.6. The van der Waals surface area contributed by atoms with Crippen LogP contribution in [0.1, 0.15) is 23.5 Å². The Kier molecular flexibility index (Phi) is 4.46. The molecule has 0 aromatic carbocycles. The van der Waals surface area contributed by atoms with E-state index in [1.54, 1.807) is 0 Å². The Balaban J connectivity index is 1.67. The first kappa shape index (κ1) is 16.2. The van der Waals surface area contributed by atoms with E-state index in [2.05, 4.69) is 9.88 Å². The van der Waals surface area contributed by atoms with Gasteiger partial charge in [0.2, 0.25) is 0 Å². The third-order valence-corrected chi connectivity index (χ3v) is 5.69. The molecule has 4 nitrogen and oxygen atoms in total. The van der Waals surface area contributed by atoms with Crippen molar-refractivity contribution in [1.29, 1.82) is 0 Å². The summed E-state index contributed by atoms with van der Waals surface area (Å²) < 4.78 is 43.3. The van der Waals surface area contributed by atoms with Crippen LogP contribution in [-0.2, 0) is 17.5 Å². The summed E-state index contributed by atoms with van der Waals surface area (Å²) in [4.78, 5) is 5.92. The predicted molar refractivity (Wildman–Crippen MR) is 77.4 cm³/mol. The topological polar surface area (TPSA) is 51.4 Å².